The number of esters is 1. The molecule has 5 heteroatoms. The monoisotopic (exact) mass is 444 g/mol. The molecule has 0 spiro atoms. The molecule has 0 aromatic rings. The topological polar surface area (TPSA) is 66.4 Å². The molecule has 174 valence electrons. The van der Waals surface area contributed by atoms with E-state index in [1.807, 2.05) is 0 Å². The molecule has 1 aliphatic rings. The molecule has 2 atom stereocenters. The summed E-state index contributed by atoms with van der Waals surface area (Å²) < 4.78 is 5.34. The van der Waals surface area contributed by atoms with Crippen LogP contribution in [0.25, 0.3) is 0 Å². The van der Waals surface area contributed by atoms with Gasteiger partial charge in [0.05, 0.1) is 12.5 Å². The second-order valence-electron chi connectivity index (χ2n) is 8.92. The molecule has 0 radical (unpaired) electrons. The van der Waals surface area contributed by atoms with Crippen LogP contribution in [-0.2, 0) is 14.3 Å². The van der Waals surface area contributed by atoms with Gasteiger partial charge in [0.25, 0.3) is 0 Å². The first-order chi connectivity index (χ1) is 14.7. The standard InChI is InChI=1S/C26H46O4.Na/c1-2-3-4-5-6-7-8-9-10-11-12-13-14-15-16-19-22-30-26(29)24-21-18-17-20-23(24)25(27)28;/h8-9,23-24H,2-7,10-22H2,1H3,(H,27,28);/q;+1/p-1/b9-8+;. The van der Waals surface area contributed by atoms with Crippen molar-refractivity contribution < 1.29 is 49.0 Å². The average Bonchev–Trinajstić information content (AvgIpc) is 2.75. The van der Waals surface area contributed by atoms with Crippen LogP contribution < -0.4 is 34.7 Å². The number of carbonyl (C=O) groups is 2. The van der Waals surface area contributed by atoms with Crippen molar-refractivity contribution in [2.75, 3.05) is 6.61 Å². The Morgan fingerprint density at radius 2 is 1.26 bits per heavy atom. The minimum absolute atomic E-state index is 0. The molecule has 1 aliphatic carbocycles. The Balaban J connectivity index is 0.00000900. The molecule has 0 aliphatic heterocycles. The fourth-order valence-electron chi connectivity index (χ4n) is 4.32. The Morgan fingerprint density at radius 1 is 0.774 bits per heavy atom. The SMILES string of the molecule is CCCCCCC/C=C/CCCCCCCCCOC(=O)C1CCCCC1C(=O)[O-].[Na+]. The van der Waals surface area contributed by atoms with Crippen molar-refractivity contribution in [1.82, 2.24) is 0 Å². The maximum absolute atomic E-state index is 12.2. The Labute approximate surface area is 213 Å². The van der Waals surface area contributed by atoms with Gasteiger partial charge in [-0.3, -0.25) is 4.79 Å². The second kappa shape index (κ2) is 21.5. The van der Waals surface area contributed by atoms with Gasteiger partial charge < -0.3 is 14.6 Å². The van der Waals surface area contributed by atoms with Crippen molar-refractivity contribution in [3.05, 3.63) is 12.2 Å². The summed E-state index contributed by atoms with van der Waals surface area (Å²) in [6.45, 7) is 2.67. The molecule has 31 heavy (non-hydrogen) atoms. The Morgan fingerprint density at radius 3 is 1.81 bits per heavy atom. The van der Waals surface area contributed by atoms with Gasteiger partial charge in [-0.15, -0.1) is 0 Å². The number of carbonyl (C=O) groups excluding carboxylic acids is 2. The summed E-state index contributed by atoms with van der Waals surface area (Å²) in [5.74, 6) is -2.60. The summed E-state index contributed by atoms with van der Waals surface area (Å²) in [6.07, 6.45) is 25.1. The first-order valence-electron chi connectivity index (χ1n) is 12.7. The summed E-state index contributed by atoms with van der Waals surface area (Å²) in [6, 6.07) is 0. The molecule has 1 rings (SSSR count). The molecule has 1 fully saturated rings. The predicted molar refractivity (Wildman–Crippen MR) is 121 cm³/mol. The molecule has 0 N–H and O–H groups in total. The van der Waals surface area contributed by atoms with Crippen LogP contribution in [0, 0.1) is 11.8 Å². The molecular formula is C26H45NaO4. The van der Waals surface area contributed by atoms with Crippen molar-refractivity contribution in [3.63, 3.8) is 0 Å². The van der Waals surface area contributed by atoms with Gasteiger partial charge in [-0.2, -0.15) is 0 Å². The fraction of sp³-hybridized carbons (Fsp3) is 0.846. The molecule has 0 saturated heterocycles. The third-order valence-electron chi connectivity index (χ3n) is 6.27. The summed E-state index contributed by atoms with van der Waals surface area (Å²) in [5, 5.41) is 11.2. The van der Waals surface area contributed by atoms with E-state index in [1.54, 1.807) is 0 Å². The van der Waals surface area contributed by atoms with E-state index in [2.05, 4.69) is 19.1 Å². The summed E-state index contributed by atoms with van der Waals surface area (Å²) in [7, 11) is 0. The first kappa shape index (κ1) is 30.7. The van der Waals surface area contributed by atoms with E-state index in [-0.39, 0.29) is 35.5 Å². The minimum atomic E-state index is -1.10. The number of carboxylic acid groups (broad SMARTS) is 1. The zero-order chi connectivity index (χ0) is 21.9. The van der Waals surface area contributed by atoms with Crippen LogP contribution in [0.5, 0.6) is 0 Å². The zero-order valence-electron chi connectivity index (χ0n) is 20.4. The normalized spacial score (nSPS) is 18.6. The van der Waals surface area contributed by atoms with Crippen LogP contribution in [0.15, 0.2) is 12.2 Å². The zero-order valence-corrected chi connectivity index (χ0v) is 22.4. The van der Waals surface area contributed by atoms with Gasteiger partial charge in [0.2, 0.25) is 0 Å². The maximum atomic E-state index is 12.2. The van der Waals surface area contributed by atoms with Crippen LogP contribution in [0.2, 0.25) is 0 Å². The number of ether oxygens (including phenoxy) is 1. The van der Waals surface area contributed by atoms with Crippen LogP contribution in [-0.4, -0.2) is 18.5 Å². The Kier molecular flexibility index (Phi) is 21.3. The Bertz CT molecular complexity index is 478. The van der Waals surface area contributed by atoms with Crippen molar-refractivity contribution in [3.8, 4) is 0 Å². The predicted octanol–water partition coefficient (Wildman–Crippen LogP) is 3.13. The number of hydrogen-bond acceptors (Lipinski definition) is 4. The largest absolute Gasteiger partial charge is 1.00 e. The van der Waals surface area contributed by atoms with Gasteiger partial charge in [0.15, 0.2) is 0 Å². The molecule has 0 heterocycles. The Hall–Kier alpha value is -0.320. The van der Waals surface area contributed by atoms with Crippen LogP contribution in [0.1, 0.15) is 122 Å². The fourth-order valence-corrected chi connectivity index (χ4v) is 4.32. The summed E-state index contributed by atoms with van der Waals surface area (Å²) in [4.78, 5) is 23.3. The first-order valence-corrected chi connectivity index (χ1v) is 12.7. The van der Waals surface area contributed by atoms with E-state index in [9.17, 15) is 14.7 Å². The van der Waals surface area contributed by atoms with Gasteiger partial charge in [0.1, 0.15) is 0 Å². The molecule has 2 unspecified atom stereocenters. The number of allylic oxidation sites excluding steroid dienone is 2. The number of aliphatic carboxylic acids is 1. The van der Waals surface area contributed by atoms with E-state index in [0.29, 0.717) is 19.4 Å². The molecular weight excluding hydrogens is 399 g/mol. The molecule has 0 bridgehead atoms. The van der Waals surface area contributed by atoms with Crippen molar-refractivity contribution in [2.45, 2.75) is 122 Å². The summed E-state index contributed by atoms with van der Waals surface area (Å²) >= 11 is 0. The van der Waals surface area contributed by atoms with Crippen LogP contribution in [0.3, 0.4) is 0 Å². The minimum Gasteiger partial charge on any atom is -0.550 e. The van der Waals surface area contributed by atoms with Gasteiger partial charge in [-0.25, -0.2) is 0 Å². The third-order valence-corrected chi connectivity index (χ3v) is 6.27. The van der Waals surface area contributed by atoms with Crippen molar-refractivity contribution >= 4 is 11.9 Å². The van der Waals surface area contributed by atoms with Crippen LogP contribution in [0.4, 0.5) is 0 Å². The van der Waals surface area contributed by atoms with Crippen LogP contribution >= 0.6 is 0 Å². The summed E-state index contributed by atoms with van der Waals surface area (Å²) in [5.41, 5.74) is 0. The van der Waals surface area contributed by atoms with E-state index in [1.165, 1.54) is 77.0 Å². The van der Waals surface area contributed by atoms with Crippen molar-refractivity contribution in [1.29, 1.82) is 0 Å². The van der Waals surface area contributed by atoms with E-state index >= 15 is 0 Å². The van der Waals surface area contributed by atoms with E-state index < -0.39 is 17.8 Å². The average molecular weight is 445 g/mol. The third kappa shape index (κ3) is 16.0. The second-order valence-corrected chi connectivity index (χ2v) is 8.92. The molecule has 0 amide bonds. The number of unbranched alkanes of at least 4 members (excludes halogenated alkanes) is 12. The molecule has 0 aromatic carbocycles. The van der Waals surface area contributed by atoms with Gasteiger partial charge in [0, 0.05) is 11.9 Å². The number of hydrogen-bond donors (Lipinski definition) is 0. The smallest absolute Gasteiger partial charge is 0.550 e. The van der Waals surface area contributed by atoms with E-state index in [0.717, 1.165) is 25.7 Å². The van der Waals surface area contributed by atoms with E-state index in [4.69, 9.17) is 4.74 Å². The van der Waals surface area contributed by atoms with Gasteiger partial charge >= 0.3 is 35.5 Å². The maximum Gasteiger partial charge on any atom is 1.00 e. The van der Waals surface area contributed by atoms with Gasteiger partial charge in [-0.05, 0) is 44.9 Å². The van der Waals surface area contributed by atoms with Crippen molar-refractivity contribution in [2.24, 2.45) is 11.8 Å². The number of carboxylic acids is 1. The molecule has 1 saturated carbocycles. The molecule has 4 nitrogen and oxygen atoms in total. The molecule has 0 aromatic heterocycles. The quantitative estimate of drug-likeness (QED) is 0.141. The van der Waals surface area contributed by atoms with Gasteiger partial charge in [-0.1, -0.05) is 89.7 Å². The number of rotatable bonds is 18.